The summed E-state index contributed by atoms with van der Waals surface area (Å²) in [7, 11) is 0. The monoisotopic (exact) mass is 234 g/mol. The molecular formula is C10H12Cl2O2. The summed E-state index contributed by atoms with van der Waals surface area (Å²) < 4.78 is 0. The first-order chi connectivity index (χ1) is 6.70. The Labute approximate surface area is 93.6 Å². The minimum absolute atomic E-state index is 0.0136. The molecule has 0 amide bonds. The van der Waals surface area contributed by atoms with Crippen LogP contribution in [0.25, 0.3) is 0 Å². The summed E-state index contributed by atoms with van der Waals surface area (Å²) in [5.41, 5.74) is 2.40. The lowest BCUT2D eigenvalue weighted by atomic mass is 10.1. The van der Waals surface area contributed by atoms with Crippen molar-refractivity contribution in [3.8, 4) is 0 Å². The fourth-order valence-electron chi connectivity index (χ4n) is 0.906. The highest BCUT2D eigenvalue weighted by molar-refractivity contribution is 6.27. The average Bonchev–Trinajstić information content (AvgIpc) is 2.13. The van der Waals surface area contributed by atoms with Crippen LogP contribution in [0.1, 0.15) is 25.7 Å². The number of allylic oxidation sites excluding steroid dienone is 2. The number of carbonyl (C=O) groups excluding carboxylic acids is 2. The van der Waals surface area contributed by atoms with Gasteiger partial charge in [-0.25, -0.2) is 0 Å². The zero-order valence-electron chi connectivity index (χ0n) is 7.71. The zero-order valence-corrected chi connectivity index (χ0v) is 9.22. The molecule has 0 N–H and O–H groups in total. The minimum atomic E-state index is -0.0136. The molecule has 0 saturated carbocycles. The molecule has 0 heterocycles. The molecule has 0 radical (unpaired) electrons. The molecule has 0 rings (SSSR count). The average molecular weight is 235 g/mol. The third kappa shape index (κ3) is 8.02. The fourth-order valence-corrected chi connectivity index (χ4v) is 1.19. The normalized spacial score (nSPS) is 11.3. The second-order valence-electron chi connectivity index (χ2n) is 2.73. The predicted molar refractivity (Wildman–Crippen MR) is 58.5 cm³/mol. The molecule has 0 saturated heterocycles. The van der Waals surface area contributed by atoms with Crippen molar-refractivity contribution < 1.29 is 9.59 Å². The van der Waals surface area contributed by atoms with E-state index in [-0.39, 0.29) is 11.6 Å². The van der Waals surface area contributed by atoms with Crippen LogP contribution in [0.3, 0.4) is 0 Å². The van der Waals surface area contributed by atoms with Gasteiger partial charge in [0.25, 0.3) is 0 Å². The zero-order chi connectivity index (χ0) is 10.8. The quantitative estimate of drug-likeness (QED) is 0.501. The van der Waals surface area contributed by atoms with E-state index < -0.39 is 0 Å². The summed E-state index contributed by atoms with van der Waals surface area (Å²) in [6.45, 7) is 0. The minimum Gasteiger partial charge on any atom is -0.295 e. The molecule has 0 aromatic carbocycles. The molecule has 0 atom stereocenters. The van der Waals surface area contributed by atoms with E-state index >= 15 is 0 Å². The van der Waals surface area contributed by atoms with Gasteiger partial charge in [-0.15, -0.1) is 0 Å². The maximum absolute atomic E-state index is 10.9. The molecule has 0 aromatic heterocycles. The Morgan fingerprint density at radius 2 is 1.21 bits per heavy atom. The summed E-state index contributed by atoms with van der Waals surface area (Å²) in [6.07, 6.45) is 4.90. The van der Waals surface area contributed by atoms with E-state index in [1.54, 1.807) is 0 Å². The molecule has 0 aliphatic rings. The predicted octanol–water partition coefficient (Wildman–Crippen LogP) is 3.19. The maximum atomic E-state index is 10.9. The number of unbranched alkanes of at least 4 members (excludes halogenated alkanes) is 1. The smallest absolute Gasteiger partial charge is 0.156 e. The summed E-state index contributed by atoms with van der Waals surface area (Å²) in [5.74, 6) is -0.0272. The van der Waals surface area contributed by atoms with Gasteiger partial charge in [-0.1, -0.05) is 23.2 Å². The number of carbonyl (C=O) groups is 2. The second-order valence-corrected chi connectivity index (χ2v) is 3.23. The Bertz CT molecular complexity index is 219. The number of hydrogen-bond acceptors (Lipinski definition) is 2. The second kappa shape index (κ2) is 8.97. The summed E-state index contributed by atoms with van der Waals surface area (Å²) in [6, 6.07) is 0. The van der Waals surface area contributed by atoms with Gasteiger partial charge < -0.3 is 0 Å². The van der Waals surface area contributed by atoms with Gasteiger partial charge in [-0.3, -0.25) is 9.59 Å². The van der Waals surface area contributed by atoms with E-state index in [1.165, 1.54) is 23.2 Å². The van der Waals surface area contributed by atoms with Gasteiger partial charge in [0.05, 0.1) is 0 Å². The van der Waals surface area contributed by atoms with Crippen LogP contribution in [0.2, 0.25) is 0 Å². The van der Waals surface area contributed by atoms with Crippen molar-refractivity contribution in [1.82, 2.24) is 0 Å². The van der Waals surface area contributed by atoms with Crippen LogP contribution in [-0.4, -0.2) is 11.6 Å². The number of hydrogen-bond donors (Lipinski definition) is 0. The van der Waals surface area contributed by atoms with E-state index in [2.05, 4.69) is 0 Å². The van der Waals surface area contributed by atoms with E-state index in [0.717, 1.165) is 0 Å². The molecule has 14 heavy (non-hydrogen) atoms. The van der Waals surface area contributed by atoms with Crippen LogP contribution in [0, 0.1) is 0 Å². The van der Waals surface area contributed by atoms with Gasteiger partial charge in [0, 0.05) is 23.9 Å². The highest BCUT2D eigenvalue weighted by atomic mass is 35.5. The van der Waals surface area contributed by atoms with Gasteiger partial charge in [-0.05, 0) is 25.0 Å². The molecule has 0 aliphatic carbocycles. The third-order valence-electron chi connectivity index (χ3n) is 1.59. The van der Waals surface area contributed by atoms with Crippen LogP contribution < -0.4 is 0 Å². The van der Waals surface area contributed by atoms with Crippen molar-refractivity contribution in [2.24, 2.45) is 0 Å². The first-order valence-corrected chi connectivity index (χ1v) is 5.17. The van der Waals surface area contributed by atoms with Crippen LogP contribution in [0.4, 0.5) is 0 Å². The van der Waals surface area contributed by atoms with Crippen molar-refractivity contribution in [3.63, 3.8) is 0 Å². The first kappa shape index (κ1) is 13.4. The molecule has 4 heteroatoms. The summed E-state index contributed by atoms with van der Waals surface area (Å²) in [5, 5.41) is 0. The van der Waals surface area contributed by atoms with Gasteiger partial charge in [0.2, 0.25) is 0 Å². The Kier molecular flexibility index (Phi) is 8.59. The van der Waals surface area contributed by atoms with Gasteiger partial charge in [-0.2, -0.15) is 0 Å². The molecule has 0 spiro atoms. The van der Waals surface area contributed by atoms with Crippen LogP contribution in [-0.2, 0) is 9.59 Å². The van der Waals surface area contributed by atoms with E-state index in [9.17, 15) is 9.59 Å². The van der Waals surface area contributed by atoms with E-state index in [1.807, 2.05) is 0 Å². The van der Waals surface area contributed by atoms with Crippen LogP contribution >= 0.6 is 23.2 Å². The molecular weight excluding hydrogens is 223 g/mol. The highest BCUT2D eigenvalue weighted by Crippen LogP contribution is 2.03. The third-order valence-corrected chi connectivity index (χ3v) is 1.85. The standard InChI is InChI=1S/C10H12Cl2O2/c11-7-5-9(13)3-1-2-4-10(14)6-8-12/h5-8H,1-4H2. The molecule has 0 aliphatic heterocycles. The topological polar surface area (TPSA) is 34.1 Å². The summed E-state index contributed by atoms with van der Waals surface area (Å²) in [4.78, 5) is 21.8. The number of ketones is 2. The van der Waals surface area contributed by atoms with Crippen molar-refractivity contribution in [1.29, 1.82) is 0 Å². The van der Waals surface area contributed by atoms with Crippen molar-refractivity contribution in [2.45, 2.75) is 25.7 Å². The molecule has 0 bridgehead atoms. The summed E-state index contributed by atoms with van der Waals surface area (Å²) >= 11 is 10.4. The molecule has 78 valence electrons. The van der Waals surface area contributed by atoms with Gasteiger partial charge >= 0.3 is 0 Å². The van der Waals surface area contributed by atoms with Crippen molar-refractivity contribution in [3.05, 3.63) is 23.2 Å². The molecule has 0 fully saturated rings. The Balaban J connectivity index is 3.47. The lowest BCUT2D eigenvalue weighted by Crippen LogP contribution is -1.95. The number of rotatable bonds is 7. The van der Waals surface area contributed by atoms with Crippen molar-refractivity contribution >= 4 is 34.8 Å². The lowest BCUT2D eigenvalue weighted by molar-refractivity contribution is -0.116. The van der Waals surface area contributed by atoms with Crippen LogP contribution in [0.5, 0.6) is 0 Å². The fraction of sp³-hybridized carbons (Fsp3) is 0.400. The van der Waals surface area contributed by atoms with Crippen molar-refractivity contribution in [2.75, 3.05) is 0 Å². The van der Waals surface area contributed by atoms with E-state index in [4.69, 9.17) is 23.2 Å². The SMILES string of the molecule is O=C(C=CCl)CCCCC(=O)C=CCl. The largest absolute Gasteiger partial charge is 0.295 e. The van der Waals surface area contributed by atoms with Crippen LogP contribution in [0.15, 0.2) is 23.2 Å². The van der Waals surface area contributed by atoms with E-state index in [0.29, 0.717) is 25.7 Å². The maximum Gasteiger partial charge on any atom is 0.156 e. The first-order valence-electron chi connectivity index (χ1n) is 4.30. The molecule has 0 aromatic rings. The Morgan fingerprint density at radius 3 is 1.50 bits per heavy atom. The Morgan fingerprint density at radius 1 is 0.857 bits per heavy atom. The van der Waals surface area contributed by atoms with Gasteiger partial charge in [0.15, 0.2) is 11.6 Å². The van der Waals surface area contributed by atoms with Gasteiger partial charge in [0.1, 0.15) is 0 Å². The highest BCUT2D eigenvalue weighted by Gasteiger charge is 1.99. The molecule has 0 unspecified atom stereocenters. The lowest BCUT2D eigenvalue weighted by Gasteiger charge is -1.95. The number of halogens is 2. The Hall–Kier alpha value is -0.600. The molecule has 2 nitrogen and oxygen atoms in total.